The number of hydrogen-bond donors (Lipinski definition) is 2. The molecule has 1 rings (SSSR count). The summed E-state index contributed by atoms with van der Waals surface area (Å²) in [5, 5.41) is 8.88. The molecule has 0 saturated heterocycles. The highest BCUT2D eigenvalue weighted by Gasteiger charge is 2.18. The fourth-order valence-corrected chi connectivity index (χ4v) is 1.38. The Bertz CT molecular complexity index is 301. The molecule has 0 aromatic heterocycles. The summed E-state index contributed by atoms with van der Waals surface area (Å²) in [7, 11) is 0. The molecule has 0 aliphatic heterocycles. The van der Waals surface area contributed by atoms with E-state index in [1.807, 2.05) is 0 Å². The van der Waals surface area contributed by atoms with E-state index in [-0.39, 0.29) is 18.7 Å². The summed E-state index contributed by atoms with van der Waals surface area (Å²) < 4.78 is 26.7. The number of halogens is 2. The number of aliphatic hydroxyl groups excluding tert-OH is 1. The maximum atomic E-state index is 13.3. The van der Waals surface area contributed by atoms with Gasteiger partial charge in [-0.05, 0) is 24.6 Å². The molecule has 0 aliphatic carbocycles. The Balaban J connectivity index is 3.19. The Morgan fingerprint density at radius 1 is 1.36 bits per heavy atom. The SMILES string of the molecule is Cc1cc(F)c(C(CN)CO)c(F)c1. The largest absolute Gasteiger partial charge is 0.396 e. The number of nitrogens with two attached hydrogens (primary N) is 1. The third-order valence-corrected chi connectivity index (χ3v) is 2.14. The summed E-state index contributed by atoms with van der Waals surface area (Å²) in [6.07, 6.45) is 0. The normalized spacial score (nSPS) is 12.9. The number of benzene rings is 1. The molecule has 78 valence electrons. The van der Waals surface area contributed by atoms with E-state index in [2.05, 4.69) is 0 Å². The van der Waals surface area contributed by atoms with Crippen molar-refractivity contribution in [3.63, 3.8) is 0 Å². The van der Waals surface area contributed by atoms with Gasteiger partial charge in [0.2, 0.25) is 0 Å². The summed E-state index contributed by atoms with van der Waals surface area (Å²) in [4.78, 5) is 0. The second-order valence-corrected chi connectivity index (χ2v) is 3.26. The highest BCUT2D eigenvalue weighted by atomic mass is 19.1. The molecule has 0 aliphatic rings. The van der Waals surface area contributed by atoms with Crippen molar-refractivity contribution in [2.75, 3.05) is 13.2 Å². The Labute approximate surface area is 81.4 Å². The molecule has 1 unspecified atom stereocenters. The van der Waals surface area contributed by atoms with Gasteiger partial charge in [-0.15, -0.1) is 0 Å². The Hall–Kier alpha value is -1.00. The topological polar surface area (TPSA) is 46.2 Å². The summed E-state index contributed by atoms with van der Waals surface area (Å²) in [5.74, 6) is -1.96. The molecule has 4 heteroatoms. The molecule has 0 fully saturated rings. The van der Waals surface area contributed by atoms with Crippen LogP contribution in [0.3, 0.4) is 0 Å². The van der Waals surface area contributed by atoms with E-state index >= 15 is 0 Å². The molecule has 0 spiro atoms. The smallest absolute Gasteiger partial charge is 0.130 e. The number of aliphatic hydroxyl groups is 1. The second kappa shape index (κ2) is 4.48. The van der Waals surface area contributed by atoms with Crippen LogP contribution in [0.4, 0.5) is 8.78 Å². The van der Waals surface area contributed by atoms with E-state index in [9.17, 15) is 8.78 Å². The third kappa shape index (κ3) is 2.08. The lowest BCUT2D eigenvalue weighted by atomic mass is 9.97. The number of rotatable bonds is 3. The first-order valence-electron chi connectivity index (χ1n) is 4.36. The quantitative estimate of drug-likeness (QED) is 0.774. The lowest BCUT2D eigenvalue weighted by Gasteiger charge is -2.14. The Morgan fingerprint density at radius 3 is 2.21 bits per heavy atom. The molecule has 14 heavy (non-hydrogen) atoms. The van der Waals surface area contributed by atoms with E-state index in [4.69, 9.17) is 10.8 Å². The highest BCUT2D eigenvalue weighted by Crippen LogP contribution is 2.22. The molecule has 3 N–H and O–H groups in total. The first kappa shape index (κ1) is 11.1. The van der Waals surface area contributed by atoms with Crippen LogP contribution in [0.5, 0.6) is 0 Å². The van der Waals surface area contributed by atoms with Gasteiger partial charge in [0.25, 0.3) is 0 Å². The first-order valence-corrected chi connectivity index (χ1v) is 4.36. The van der Waals surface area contributed by atoms with Crippen molar-refractivity contribution in [2.24, 2.45) is 5.73 Å². The fourth-order valence-electron chi connectivity index (χ4n) is 1.38. The van der Waals surface area contributed by atoms with Crippen molar-refractivity contribution in [1.82, 2.24) is 0 Å². The van der Waals surface area contributed by atoms with Gasteiger partial charge in [-0.2, -0.15) is 0 Å². The van der Waals surface area contributed by atoms with Crippen LogP contribution in [0, 0.1) is 18.6 Å². The predicted octanol–water partition coefficient (Wildman–Crippen LogP) is 1.31. The maximum absolute atomic E-state index is 13.3. The summed E-state index contributed by atoms with van der Waals surface area (Å²) in [6, 6.07) is 2.47. The van der Waals surface area contributed by atoms with Gasteiger partial charge in [0.1, 0.15) is 11.6 Å². The maximum Gasteiger partial charge on any atom is 0.130 e. The van der Waals surface area contributed by atoms with Gasteiger partial charge in [-0.1, -0.05) is 0 Å². The molecule has 2 nitrogen and oxygen atoms in total. The van der Waals surface area contributed by atoms with Gasteiger partial charge in [-0.3, -0.25) is 0 Å². The molecule has 0 saturated carbocycles. The molecular weight excluding hydrogens is 188 g/mol. The van der Waals surface area contributed by atoms with Crippen molar-refractivity contribution in [2.45, 2.75) is 12.8 Å². The van der Waals surface area contributed by atoms with E-state index in [1.165, 1.54) is 12.1 Å². The molecular formula is C10H13F2NO. The van der Waals surface area contributed by atoms with Crippen LogP contribution in [0.25, 0.3) is 0 Å². The predicted molar refractivity (Wildman–Crippen MR) is 50.0 cm³/mol. The average Bonchev–Trinajstić information content (AvgIpc) is 2.10. The molecule has 0 radical (unpaired) electrons. The van der Waals surface area contributed by atoms with Crippen molar-refractivity contribution >= 4 is 0 Å². The highest BCUT2D eigenvalue weighted by molar-refractivity contribution is 5.28. The zero-order valence-electron chi connectivity index (χ0n) is 7.93. The van der Waals surface area contributed by atoms with E-state index in [1.54, 1.807) is 6.92 Å². The van der Waals surface area contributed by atoms with Gasteiger partial charge in [0.15, 0.2) is 0 Å². The summed E-state index contributed by atoms with van der Waals surface area (Å²) in [5.41, 5.74) is 5.68. The monoisotopic (exact) mass is 201 g/mol. The fraction of sp³-hybridized carbons (Fsp3) is 0.400. The van der Waals surface area contributed by atoms with Crippen molar-refractivity contribution < 1.29 is 13.9 Å². The van der Waals surface area contributed by atoms with Crippen LogP contribution >= 0.6 is 0 Å². The van der Waals surface area contributed by atoms with Gasteiger partial charge in [-0.25, -0.2) is 8.78 Å². The minimum atomic E-state index is -0.671. The van der Waals surface area contributed by atoms with Crippen LogP contribution in [0.2, 0.25) is 0 Å². The van der Waals surface area contributed by atoms with Crippen LogP contribution in [0.15, 0.2) is 12.1 Å². The van der Waals surface area contributed by atoms with Crippen LogP contribution in [0.1, 0.15) is 17.0 Å². The van der Waals surface area contributed by atoms with Crippen LogP contribution < -0.4 is 5.73 Å². The molecule has 0 heterocycles. The first-order chi connectivity index (χ1) is 6.60. The summed E-state index contributed by atoms with van der Waals surface area (Å²) >= 11 is 0. The number of aryl methyl sites for hydroxylation is 1. The lowest BCUT2D eigenvalue weighted by Crippen LogP contribution is -2.19. The molecule has 1 aromatic carbocycles. The lowest BCUT2D eigenvalue weighted by molar-refractivity contribution is 0.262. The van der Waals surface area contributed by atoms with Crippen LogP contribution in [-0.2, 0) is 0 Å². The van der Waals surface area contributed by atoms with Gasteiger partial charge < -0.3 is 10.8 Å². The molecule has 0 bridgehead atoms. The van der Waals surface area contributed by atoms with Crippen molar-refractivity contribution in [1.29, 1.82) is 0 Å². The van der Waals surface area contributed by atoms with E-state index in [0.717, 1.165) is 0 Å². The molecule has 1 aromatic rings. The number of hydrogen-bond acceptors (Lipinski definition) is 2. The minimum absolute atomic E-state index is 0.0212. The van der Waals surface area contributed by atoms with Gasteiger partial charge in [0.05, 0.1) is 6.61 Å². The minimum Gasteiger partial charge on any atom is -0.396 e. The van der Waals surface area contributed by atoms with Gasteiger partial charge >= 0.3 is 0 Å². The Kier molecular flexibility index (Phi) is 3.55. The Morgan fingerprint density at radius 2 is 1.86 bits per heavy atom. The van der Waals surface area contributed by atoms with Gasteiger partial charge in [0, 0.05) is 18.0 Å². The zero-order chi connectivity index (χ0) is 10.7. The average molecular weight is 201 g/mol. The van der Waals surface area contributed by atoms with Crippen LogP contribution in [-0.4, -0.2) is 18.3 Å². The summed E-state index contributed by atoms with van der Waals surface area (Å²) in [6.45, 7) is 1.27. The molecule has 0 amide bonds. The second-order valence-electron chi connectivity index (χ2n) is 3.26. The van der Waals surface area contributed by atoms with Crippen molar-refractivity contribution in [3.05, 3.63) is 34.9 Å². The zero-order valence-corrected chi connectivity index (χ0v) is 7.93. The molecule has 1 atom stereocenters. The van der Waals surface area contributed by atoms with E-state index < -0.39 is 17.6 Å². The third-order valence-electron chi connectivity index (χ3n) is 2.14. The van der Waals surface area contributed by atoms with Crippen molar-refractivity contribution in [3.8, 4) is 0 Å². The standard InChI is InChI=1S/C10H13F2NO/c1-6-2-8(11)10(9(12)3-6)7(4-13)5-14/h2-3,7,14H,4-5,13H2,1H3. The van der Waals surface area contributed by atoms with E-state index in [0.29, 0.717) is 5.56 Å².